The minimum atomic E-state index is 0.256. The van der Waals surface area contributed by atoms with Crippen molar-refractivity contribution in [1.29, 1.82) is 0 Å². The average molecular weight is 425 g/mol. The van der Waals surface area contributed by atoms with Crippen LogP contribution in [0.5, 0.6) is 0 Å². The zero-order valence-corrected chi connectivity index (χ0v) is 19.5. The summed E-state index contributed by atoms with van der Waals surface area (Å²) >= 11 is 1.91. The molecule has 0 aliphatic heterocycles. The molecular formula is C27H40N2S. The lowest BCUT2D eigenvalue weighted by molar-refractivity contribution is 0.275. The summed E-state index contributed by atoms with van der Waals surface area (Å²) in [7, 11) is 0. The second-order valence-corrected chi connectivity index (χ2v) is 9.89. The van der Waals surface area contributed by atoms with Crippen LogP contribution < -0.4 is 11.1 Å². The van der Waals surface area contributed by atoms with Crippen molar-refractivity contribution in [3.8, 4) is 0 Å². The van der Waals surface area contributed by atoms with Crippen LogP contribution in [0.4, 0.5) is 0 Å². The fourth-order valence-electron chi connectivity index (χ4n) is 4.96. The second kappa shape index (κ2) is 13.2. The molecule has 2 nitrogen and oxygen atoms in total. The minimum absolute atomic E-state index is 0.256. The fraction of sp³-hybridized carbons (Fsp3) is 0.556. The molecule has 0 heterocycles. The van der Waals surface area contributed by atoms with E-state index in [0.717, 1.165) is 31.1 Å². The van der Waals surface area contributed by atoms with Crippen molar-refractivity contribution in [2.24, 2.45) is 11.7 Å². The van der Waals surface area contributed by atoms with Gasteiger partial charge in [0.1, 0.15) is 0 Å². The average Bonchev–Trinajstić information content (AvgIpc) is 2.81. The smallest absolute Gasteiger partial charge is 0.0221 e. The molecule has 2 unspecified atom stereocenters. The highest BCUT2D eigenvalue weighted by Gasteiger charge is 2.24. The van der Waals surface area contributed by atoms with Gasteiger partial charge < -0.3 is 11.1 Å². The van der Waals surface area contributed by atoms with E-state index in [1.807, 2.05) is 11.8 Å². The standard InChI is InChI=1S/C27H40N2S/c1-30-20-18-26(28)27(21-22-11-5-2-6-12-22)29-19-17-25(23-13-7-3-8-14-23)24-15-9-4-10-16-24/h3-4,7-10,13-16,22,25-27,29H,2,5-6,11-12,17-21,28H2,1H3. The molecule has 164 valence electrons. The molecule has 0 spiro atoms. The molecule has 30 heavy (non-hydrogen) atoms. The Labute approximate surface area is 188 Å². The quantitative estimate of drug-likeness (QED) is 0.425. The summed E-state index contributed by atoms with van der Waals surface area (Å²) in [5.41, 5.74) is 9.49. The van der Waals surface area contributed by atoms with Crippen molar-refractivity contribution >= 4 is 11.8 Å². The van der Waals surface area contributed by atoms with Crippen LogP contribution in [0, 0.1) is 5.92 Å². The Kier molecular flexibility index (Phi) is 10.3. The van der Waals surface area contributed by atoms with E-state index >= 15 is 0 Å². The molecular weight excluding hydrogens is 384 g/mol. The molecule has 0 radical (unpaired) electrons. The predicted molar refractivity (Wildman–Crippen MR) is 133 cm³/mol. The Bertz CT molecular complexity index is 645. The number of nitrogens with two attached hydrogens (primary N) is 1. The largest absolute Gasteiger partial charge is 0.326 e. The van der Waals surface area contributed by atoms with Crippen LogP contribution in [0.3, 0.4) is 0 Å². The van der Waals surface area contributed by atoms with Gasteiger partial charge in [0.15, 0.2) is 0 Å². The van der Waals surface area contributed by atoms with Crippen molar-refractivity contribution < 1.29 is 0 Å². The van der Waals surface area contributed by atoms with E-state index in [1.165, 1.54) is 49.7 Å². The van der Waals surface area contributed by atoms with Crippen molar-refractivity contribution in [2.45, 2.75) is 69.4 Å². The van der Waals surface area contributed by atoms with Gasteiger partial charge in [-0.25, -0.2) is 0 Å². The molecule has 3 heteroatoms. The lowest BCUT2D eigenvalue weighted by Gasteiger charge is -2.31. The van der Waals surface area contributed by atoms with Gasteiger partial charge in [-0.05, 0) is 54.9 Å². The molecule has 2 aromatic rings. The maximum atomic E-state index is 6.68. The summed E-state index contributed by atoms with van der Waals surface area (Å²) in [6, 6.07) is 22.6. The molecule has 2 atom stereocenters. The summed E-state index contributed by atoms with van der Waals surface area (Å²) in [5, 5.41) is 3.91. The Morgan fingerprint density at radius 1 is 0.900 bits per heavy atom. The van der Waals surface area contributed by atoms with Crippen LogP contribution >= 0.6 is 11.8 Å². The zero-order chi connectivity index (χ0) is 21.0. The highest BCUT2D eigenvalue weighted by molar-refractivity contribution is 7.98. The van der Waals surface area contributed by atoms with Gasteiger partial charge in [0, 0.05) is 18.0 Å². The zero-order valence-electron chi connectivity index (χ0n) is 18.6. The van der Waals surface area contributed by atoms with Gasteiger partial charge in [0.25, 0.3) is 0 Å². The van der Waals surface area contributed by atoms with E-state index in [4.69, 9.17) is 5.73 Å². The molecule has 0 aromatic heterocycles. The van der Waals surface area contributed by atoms with E-state index < -0.39 is 0 Å². The number of thioether (sulfide) groups is 1. The monoisotopic (exact) mass is 424 g/mol. The van der Waals surface area contributed by atoms with Gasteiger partial charge in [-0.1, -0.05) is 92.8 Å². The maximum absolute atomic E-state index is 6.68. The number of hydrogen-bond acceptors (Lipinski definition) is 3. The first kappa shape index (κ1) is 23.4. The SMILES string of the molecule is CSCCC(N)C(CC1CCCCC1)NCCC(c1ccccc1)c1ccccc1. The summed E-state index contributed by atoms with van der Waals surface area (Å²) in [6.45, 7) is 1.01. The summed E-state index contributed by atoms with van der Waals surface area (Å²) in [4.78, 5) is 0. The third-order valence-electron chi connectivity index (χ3n) is 6.73. The van der Waals surface area contributed by atoms with Crippen LogP contribution in [0.1, 0.15) is 68.4 Å². The van der Waals surface area contributed by atoms with E-state index in [0.29, 0.717) is 12.0 Å². The molecule has 1 fully saturated rings. The van der Waals surface area contributed by atoms with Crippen molar-refractivity contribution in [3.05, 3.63) is 71.8 Å². The van der Waals surface area contributed by atoms with Crippen LogP contribution in [0.2, 0.25) is 0 Å². The molecule has 1 aliphatic carbocycles. The van der Waals surface area contributed by atoms with E-state index in [9.17, 15) is 0 Å². The normalized spacial score (nSPS) is 17.2. The fourth-order valence-corrected chi connectivity index (χ4v) is 5.46. The van der Waals surface area contributed by atoms with Crippen molar-refractivity contribution in [2.75, 3.05) is 18.6 Å². The molecule has 3 N–H and O–H groups in total. The Morgan fingerprint density at radius 3 is 2.07 bits per heavy atom. The van der Waals surface area contributed by atoms with Crippen molar-refractivity contribution in [3.63, 3.8) is 0 Å². The topological polar surface area (TPSA) is 38.0 Å². The molecule has 1 saturated carbocycles. The van der Waals surface area contributed by atoms with Crippen LogP contribution in [0.15, 0.2) is 60.7 Å². The van der Waals surface area contributed by atoms with E-state index in [1.54, 1.807) is 0 Å². The van der Waals surface area contributed by atoms with Crippen LogP contribution in [-0.2, 0) is 0 Å². The third kappa shape index (κ3) is 7.44. The summed E-state index contributed by atoms with van der Waals surface area (Å²) in [5.74, 6) is 2.44. The first-order chi connectivity index (χ1) is 14.8. The molecule has 1 aliphatic rings. The maximum Gasteiger partial charge on any atom is 0.0221 e. The van der Waals surface area contributed by atoms with E-state index in [2.05, 4.69) is 72.2 Å². The van der Waals surface area contributed by atoms with Crippen LogP contribution in [0.25, 0.3) is 0 Å². The first-order valence-corrected chi connectivity index (χ1v) is 13.2. The highest BCUT2D eigenvalue weighted by atomic mass is 32.2. The van der Waals surface area contributed by atoms with E-state index in [-0.39, 0.29) is 6.04 Å². The number of hydrogen-bond donors (Lipinski definition) is 2. The molecule has 2 aromatic carbocycles. The van der Waals surface area contributed by atoms with Gasteiger partial charge in [0.05, 0.1) is 0 Å². The van der Waals surface area contributed by atoms with Crippen LogP contribution in [-0.4, -0.2) is 30.6 Å². The lowest BCUT2D eigenvalue weighted by atomic mass is 9.83. The van der Waals surface area contributed by atoms with Gasteiger partial charge in [-0.3, -0.25) is 0 Å². The van der Waals surface area contributed by atoms with Gasteiger partial charge in [0.2, 0.25) is 0 Å². The molecule has 0 bridgehead atoms. The third-order valence-corrected chi connectivity index (χ3v) is 7.37. The van der Waals surface area contributed by atoms with Crippen molar-refractivity contribution in [1.82, 2.24) is 5.32 Å². The Balaban J connectivity index is 1.63. The first-order valence-electron chi connectivity index (χ1n) is 11.9. The second-order valence-electron chi connectivity index (χ2n) is 8.91. The molecule has 3 rings (SSSR count). The predicted octanol–water partition coefficient (Wildman–Crippen LogP) is 6.22. The van der Waals surface area contributed by atoms with Gasteiger partial charge in [-0.2, -0.15) is 11.8 Å². The lowest BCUT2D eigenvalue weighted by Crippen LogP contribution is -2.47. The molecule has 0 saturated heterocycles. The molecule has 0 amide bonds. The minimum Gasteiger partial charge on any atom is -0.326 e. The number of benzene rings is 2. The highest BCUT2D eigenvalue weighted by Crippen LogP contribution is 2.30. The Morgan fingerprint density at radius 2 is 1.50 bits per heavy atom. The Hall–Kier alpha value is -1.29. The number of nitrogens with one attached hydrogen (secondary N) is 1. The number of rotatable bonds is 12. The summed E-state index contributed by atoms with van der Waals surface area (Å²) in [6.07, 6.45) is 12.6. The summed E-state index contributed by atoms with van der Waals surface area (Å²) < 4.78 is 0. The van der Waals surface area contributed by atoms with Gasteiger partial charge in [-0.15, -0.1) is 0 Å². The van der Waals surface area contributed by atoms with Gasteiger partial charge >= 0.3 is 0 Å².